The van der Waals surface area contributed by atoms with Crippen LogP contribution < -0.4 is 5.73 Å². The van der Waals surface area contributed by atoms with Crippen molar-refractivity contribution in [1.82, 2.24) is 4.98 Å². The minimum atomic E-state index is 0.380. The van der Waals surface area contributed by atoms with Gasteiger partial charge in [-0.3, -0.25) is 0 Å². The van der Waals surface area contributed by atoms with Crippen LogP contribution in [0.1, 0.15) is 0 Å². The molecule has 1 heterocycles. The van der Waals surface area contributed by atoms with Gasteiger partial charge in [-0.05, 0) is 12.1 Å². The van der Waals surface area contributed by atoms with Gasteiger partial charge in [0.1, 0.15) is 5.82 Å². The first-order chi connectivity index (χ1) is 6.18. The summed E-state index contributed by atoms with van der Waals surface area (Å²) in [4.78, 5) is 4.10. The Morgan fingerprint density at radius 2 is 1.92 bits per heavy atom. The molecule has 0 aliphatic carbocycles. The van der Waals surface area contributed by atoms with E-state index in [1.807, 2.05) is 12.1 Å². The number of aromatic nitrogens is 1. The lowest BCUT2D eigenvalue weighted by Crippen LogP contribution is -1.91. The standard InChI is InChI=1S/C9H6Cl2N2/c10-6-3-1-2-5-7(11)4-8(12)13-9(5)6/h1-4H,(H2,12,13). The Hall–Kier alpha value is -0.990. The highest BCUT2D eigenvalue weighted by Gasteiger charge is 2.04. The van der Waals surface area contributed by atoms with Crippen LogP contribution in [-0.4, -0.2) is 4.98 Å². The minimum absolute atomic E-state index is 0.380. The van der Waals surface area contributed by atoms with E-state index in [4.69, 9.17) is 28.9 Å². The van der Waals surface area contributed by atoms with Crippen molar-refractivity contribution in [3.8, 4) is 0 Å². The summed E-state index contributed by atoms with van der Waals surface area (Å²) in [6.45, 7) is 0. The summed E-state index contributed by atoms with van der Waals surface area (Å²) in [6.07, 6.45) is 0. The minimum Gasteiger partial charge on any atom is -0.384 e. The summed E-state index contributed by atoms with van der Waals surface area (Å²) in [7, 11) is 0. The predicted molar refractivity (Wildman–Crippen MR) is 56.2 cm³/mol. The fraction of sp³-hybridized carbons (Fsp3) is 0. The predicted octanol–water partition coefficient (Wildman–Crippen LogP) is 3.12. The molecule has 0 atom stereocenters. The molecule has 4 heteroatoms. The summed E-state index contributed by atoms with van der Waals surface area (Å²) in [5.74, 6) is 0.380. The van der Waals surface area contributed by atoms with Gasteiger partial charge in [0, 0.05) is 5.39 Å². The van der Waals surface area contributed by atoms with E-state index in [9.17, 15) is 0 Å². The molecular weight excluding hydrogens is 207 g/mol. The molecule has 66 valence electrons. The molecule has 0 unspecified atom stereocenters. The van der Waals surface area contributed by atoms with Crippen molar-refractivity contribution in [2.45, 2.75) is 0 Å². The van der Waals surface area contributed by atoms with E-state index in [2.05, 4.69) is 4.98 Å². The van der Waals surface area contributed by atoms with Gasteiger partial charge in [-0.1, -0.05) is 35.3 Å². The molecule has 2 N–H and O–H groups in total. The van der Waals surface area contributed by atoms with Gasteiger partial charge in [0.15, 0.2) is 0 Å². The number of fused-ring (bicyclic) bond motifs is 1. The topological polar surface area (TPSA) is 38.9 Å². The molecule has 1 aromatic heterocycles. The zero-order valence-electron chi connectivity index (χ0n) is 6.59. The maximum Gasteiger partial charge on any atom is 0.125 e. The van der Waals surface area contributed by atoms with Crippen LogP contribution in [0.3, 0.4) is 0 Å². The smallest absolute Gasteiger partial charge is 0.125 e. The average molecular weight is 213 g/mol. The van der Waals surface area contributed by atoms with Crippen LogP contribution in [0, 0.1) is 0 Å². The van der Waals surface area contributed by atoms with Gasteiger partial charge in [-0.2, -0.15) is 0 Å². The Labute approximate surface area is 85.3 Å². The number of halogens is 2. The zero-order valence-corrected chi connectivity index (χ0v) is 8.10. The summed E-state index contributed by atoms with van der Waals surface area (Å²) >= 11 is 11.9. The van der Waals surface area contributed by atoms with Crippen molar-refractivity contribution >= 4 is 39.9 Å². The number of rotatable bonds is 0. The van der Waals surface area contributed by atoms with E-state index < -0.39 is 0 Å². The maximum atomic E-state index is 5.96. The average Bonchev–Trinajstić information content (AvgIpc) is 2.07. The molecule has 0 aliphatic heterocycles. The van der Waals surface area contributed by atoms with Gasteiger partial charge in [0.05, 0.1) is 15.6 Å². The van der Waals surface area contributed by atoms with E-state index in [0.29, 0.717) is 21.4 Å². The molecule has 2 aromatic rings. The molecule has 0 fully saturated rings. The summed E-state index contributed by atoms with van der Waals surface area (Å²) in [6, 6.07) is 7.05. The molecule has 13 heavy (non-hydrogen) atoms. The fourth-order valence-corrected chi connectivity index (χ4v) is 1.67. The van der Waals surface area contributed by atoms with Crippen molar-refractivity contribution < 1.29 is 0 Å². The van der Waals surface area contributed by atoms with E-state index in [1.165, 1.54) is 0 Å². The number of pyridine rings is 1. The molecule has 2 nitrogen and oxygen atoms in total. The summed E-state index contributed by atoms with van der Waals surface area (Å²) in [5, 5.41) is 1.96. The van der Waals surface area contributed by atoms with E-state index in [-0.39, 0.29) is 0 Å². The number of hydrogen-bond acceptors (Lipinski definition) is 2. The summed E-state index contributed by atoms with van der Waals surface area (Å²) < 4.78 is 0. The number of anilines is 1. The van der Waals surface area contributed by atoms with Crippen molar-refractivity contribution in [3.63, 3.8) is 0 Å². The molecule has 0 saturated heterocycles. The van der Waals surface area contributed by atoms with Crippen molar-refractivity contribution in [2.24, 2.45) is 0 Å². The third kappa shape index (κ3) is 1.43. The van der Waals surface area contributed by atoms with Crippen LogP contribution in [0.25, 0.3) is 10.9 Å². The molecule has 0 amide bonds. The molecule has 1 aromatic carbocycles. The van der Waals surface area contributed by atoms with E-state index in [0.717, 1.165) is 5.39 Å². The highest BCUT2D eigenvalue weighted by atomic mass is 35.5. The van der Waals surface area contributed by atoms with Crippen LogP contribution in [0.4, 0.5) is 5.82 Å². The number of benzene rings is 1. The Bertz CT molecular complexity index is 468. The Kier molecular flexibility index (Phi) is 2.02. The van der Waals surface area contributed by atoms with Crippen molar-refractivity contribution in [1.29, 1.82) is 0 Å². The lowest BCUT2D eigenvalue weighted by atomic mass is 10.2. The van der Waals surface area contributed by atoms with Crippen LogP contribution >= 0.6 is 23.2 Å². The molecule has 0 aliphatic rings. The second kappa shape index (κ2) is 3.05. The monoisotopic (exact) mass is 212 g/mol. The van der Waals surface area contributed by atoms with Gasteiger partial charge in [-0.25, -0.2) is 4.98 Å². The van der Waals surface area contributed by atoms with E-state index in [1.54, 1.807) is 12.1 Å². The van der Waals surface area contributed by atoms with Crippen LogP contribution in [0.15, 0.2) is 24.3 Å². The molecule has 0 spiro atoms. The lowest BCUT2D eigenvalue weighted by Gasteiger charge is -2.02. The second-order valence-corrected chi connectivity index (χ2v) is 3.48. The first kappa shape index (κ1) is 8.60. The van der Waals surface area contributed by atoms with Crippen LogP contribution in [-0.2, 0) is 0 Å². The highest BCUT2D eigenvalue weighted by Crippen LogP contribution is 2.28. The number of nitrogens with two attached hydrogens (primary N) is 1. The van der Waals surface area contributed by atoms with Gasteiger partial charge >= 0.3 is 0 Å². The Morgan fingerprint density at radius 1 is 1.15 bits per heavy atom. The molecular formula is C9H6Cl2N2. The van der Waals surface area contributed by atoms with Gasteiger partial charge in [0.2, 0.25) is 0 Å². The number of hydrogen-bond donors (Lipinski definition) is 1. The molecule has 0 saturated carbocycles. The fourth-order valence-electron chi connectivity index (χ4n) is 1.19. The first-order valence-electron chi connectivity index (χ1n) is 3.69. The second-order valence-electron chi connectivity index (χ2n) is 2.66. The van der Waals surface area contributed by atoms with Crippen molar-refractivity contribution in [3.05, 3.63) is 34.3 Å². The number of nitrogens with zero attached hydrogens (tertiary/aromatic N) is 1. The first-order valence-corrected chi connectivity index (χ1v) is 4.44. The van der Waals surface area contributed by atoms with Gasteiger partial charge in [-0.15, -0.1) is 0 Å². The number of nitrogen functional groups attached to an aromatic ring is 1. The molecule has 0 bridgehead atoms. The quantitative estimate of drug-likeness (QED) is 0.730. The third-order valence-corrected chi connectivity index (χ3v) is 2.38. The maximum absolute atomic E-state index is 5.96. The third-order valence-electron chi connectivity index (χ3n) is 1.76. The Balaban J connectivity index is 2.94. The van der Waals surface area contributed by atoms with Gasteiger partial charge < -0.3 is 5.73 Å². The number of para-hydroxylation sites is 1. The lowest BCUT2D eigenvalue weighted by molar-refractivity contribution is 1.41. The SMILES string of the molecule is Nc1cc(Cl)c2cccc(Cl)c2n1. The normalized spacial score (nSPS) is 10.6. The van der Waals surface area contributed by atoms with Crippen LogP contribution in [0.2, 0.25) is 10.0 Å². The largest absolute Gasteiger partial charge is 0.384 e. The van der Waals surface area contributed by atoms with Gasteiger partial charge in [0.25, 0.3) is 0 Å². The van der Waals surface area contributed by atoms with Crippen molar-refractivity contribution in [2.75, 3.05) is 5.73 Å². The van der Waals surface area contributed by atoms with E-state index >= 15 is 0 Å². The summed E-state index contributed by atoms with van der Waals surface area (Å²) in [5.41, 5.74) is 6.19. The Morgan fingerprint density at radius 3 is 2.69 bits per heavy atom. The zero-order chi connectivity index (χ0) is 9.42. The molecule has 0 radical (unpaired) electrons. The van der Waals surface area contributed by atoms with Crippen LogP contribution in [0.5, 0.6) is 0 Å². The highest BCUT2D eigenvalue weighted by molar-refractivity contribution is 6.39. The molecule has 2 rings (SSSR count).